The maximum Gasteiger partial charge on any atom is 0.248 e. The van der Waals surface area contributed by atoms with E-state index in [0.29, 0.717) is 17.2 Å². The molecule has 0 aliphatic heterocycles. The molecule has 0 aromatic heterocycles. The number of nitrogens with one attached hydrogen (secondary N) is 1. The van der Waals surface area contributed by atoms with Gasteiger partial charge in [-0.2, -0.15) is 0 Å². The van der Waals surface area contributed by atoms with Crippen molar-refractivity contribution in [2.45, 2.75) is 48.0 Å². The van der Waals surface area contributed by atoms with Crippen LogP contribution in [0.15, 0.2) is 119 Å². The molecule has 0 atom stereocenters. The van der Waals surface area contributed by atoms with Crippen molar-refractivity contribution >= 4 is 29.2 Å². The minimum Gasteiger partial charge on any atom is -0.349 e. The second-order valence-corrected chi connectivity index (χ2v) is 8.87. The van der Waals surface area contributed by atoms with Crippen molar-refractivity contribution in [3.05, 3.63) is 130 Å². The standard InChI is InChI=1S/C21H22.C12H18ClNO.C2H2/c1-3-18(15-16-19-11-7-5-8-12-19)17-20(4-2)21-13-9-6-10-14-21;1-5-6-7-9(2)8-14-12(15)10(3)11(4)13;1-2/h4-17H,3H2,1-2H3;5-7H,8H2,1-4H3,(H,14,15);1-2H/b16-15+,18-17+,20-4+;6-5-,9-7+,11-10-;. The molecular formula is C35H42ClNO. The summed E-state index contributed by atoms with van der Waals surface area (Å²) >= 11 is 5.72. The van der Waals surface area contributed by atoms with Crippen LogP contribution in [-0.4, -0.2) is 12.5 Å². The lowest BCUT2D eigenvalue weighted by molar-refractivity contribution is -0.117. The normalized spacial score (nSPS) is 12.7. The van der Waals surface area contributed by atoms with Gasteiger partial charge in [-0.15, -0.1) is 12.8 Å². The molecule has 0 fully saturated rings. The van der Waals surface area contributed by atoms with Crippen LogP contribution in [0.5, 0.6) is 0 Å². The highest BCUT2D eigenvalue weighted by Gasteiger charge is 2.05. The van der Waals surface area contributed by atoms with Crippen LogP contribution in [0.25, 0.3) is 11.6 Å². The molecule has 2 nitrogen and oxygen atoms in total. The van der Waals surface area contributed by atoms with Gasteiger partial charge in [-0.25, -0.2) is 0 Å². The molecule has 0 aliphatic carbocycles. The van der Waals surface area contributed by atoms with Crippen LogP contribution >= 0.6 is 11.6 Å². The number of allylic oxidation sites excluding steroid dienone is 9. The van der Waals surface area contributed by atoms with Crippen LogP contribution < -0.4 is 5.32 Å². The number of carbonyl (C=O) groups is 1. The molecule has 0 spiro atoms. The highest BCUT2D eigenvalue weighted by molar-refractivity contribution is 6.31. The van der Waals surface area contributed by atoms with Gasteiger partial charge in [0.05, 0.1) is 0 Å². The molecule has 0 unspecified atom stereocenters. The van der Waals surface area contributed by atoms with E-state index in [2.05, 4.69) is 111 Å². The van der Waals surface area contributed by atoms with Gasteiger partial charge in [0.2, 0.25) is 5.91 Å². The van der Waals surface area contributed by atoms with E-state index in [1.165, 1.54) is 22.3 Å². The third-order valence-corrected chi connectivity index (χ3v) is 5.70. The number of carbonyl (C=O) groups excluding carboxylic acids is 1. The van der Waals surface area contributed by atoms with E-state index < -0.39 is 0 Å². The van der Waals surface area contributed by atoms with E-state index in [9.17, 15) is 4.79 Å². The second kappa shape index (κ2) is 21.3. The van der Waals surface area contributed by atoms with Crippen LogP contribution in [0.2, 0.25) is 0 Å². The number of halogens is 1. The van der Waals surface area contributed by atoms with Gasteiger partial charge in [0.25, 0.3) is 0 Å². The molecule has 2 aromatic carbocycles. The molecule has 1 N–H and O–H groups in total. The summed E-state index contributed by atoms with van der Waals surface area (Å²) in [5, 5.41) is 3.32. The van der Waals surface area contributed by atoms with Gasteiger partial charge in [-0.05, 0) is 63.3 Å². The molecular weight excluding hydrogens is 486 g/mol. The van der Waals surface area contributed by atoms with Gasteiger partial charge in [0.1, 0.15) is 0 Å². The lowest BCUT2D eigenvalue weighted by atomic mass is 10.0. The lowest BCUT2D eigenvalue weighted by Crippen LogP contribution is -2.26. The summed E-state index contributed by atoms with van der Waals surface area (Å²) in [5.41, 5.74) is 6.76. The van der Waals surface area contributed by atoms with E-state index in [1.807, 2.05) is 38.1 Å². The Bertz CT molecular complexity index is 1160. The maximum atomic E-state index is 11.5. The molecule has 0 saturated carbocycles. The van der Waals surface area contributed by atoms with Gasteiger partial charge in [0, 0.05) is 17.2 Å². The van der Waals surface area contributed by atoms with E-state index in [4.69, 9.17) is 11.6 Å². The summed E-state index contributed by atoms with van der Waals surface area (Å²) in [7, 11) is 0. The molecule has 1 amide bonds. The summed E-state index contributed by atoms with van der Waals surface area (Å²) in [6.45, 7) is 12.2. The highest BCUT2D eigenvalue weighted by atomic mass is 35.5. The fourth-order valence-electron chi connectivity index (χ4n) is 3.03. The largest absolute Gasteiger partial charge is 0.349 e. The van der Waals surface area contributed by atoms with Crippen LogP contribution in [0.4, 0.5) is 0 Å². The molecule has 0 saturated heterocycles. The van der Waals surface area contributed by atoms with Crippen molar-refractivity contribution in [1.29, 1.82) is 0 Å². The lowest BCUT2D eigenvalue weighted by Gasteiger charge is -2.05. The second-order valence-electron chi connectivity index (χ2n) is 8.31. The number of amides is 1. The molecule has 0 radical (unpaired) electrons. The van der Waals surface area contributed by atoms with Gasteiger partial charge in [-0.3, -0.25) is 4.79 Å². The topological polar surface area (TPSA) is 29.1 Å². The number of benzene rings is 2. The van der Waals surface area contributed by atoms with E-state index >= 15 is 0 Å². The van der Waals surface area contributed by atoms with Crippen LogP contribution in [-0.2, 0) is 4.79 Å². The maximum absolute atomic E-state index is 11.5. The zero-order chi connectivity index (χ0) is 28.8. The Morgan fingerprint density at radius 2 is 1.53 bits per heavy atom. The Morgan fingerprint density at radius 1 is 0.947 bits per heavy atom. The Balaban J connectivity index is 0.000000714. The van der Waals surface area contributed by atoms with Crippen LogP contribution in [0, 0.1) is 12.8 Å². The summed E-state index contributed by atoms with van der Waals surface area (Å²) < 4.78 is 0. The van der Waals surface area contributed by atoms with Crippen molar-refractivity contribution in [2.24, 2.45) is 0 Å². The van der Waals surface area contributed by atoms with E-state index in [1.54, 1.807) is 13.8 Å². The van der Waals surface area contributed by atoms with Crippen LogP contribution in [0.3, 0.4) is 0 Å². The Labute approximate surface area is 236 Å². The minimum absolute atomic E-state index is 0.115. The first kappa shape index (κ1) is 34.2. The predicted octanol–water partition coefficient (Wildman–Crippen LogP) is 9.55. The van der Waals surface area contributed by atoms with Crippen molar-refractivity contribution in [1.82, 2.24) is 5.32 Å². The van der Waals surface area contributed by atoms with Gasteiger partial charge < -0.3 is 5.32 Å². The third kappa shape index (κ3) is 14.7. The van der Waals surface area contributed by atoms with Crippen molar-refractivity contribution in [3.63, 3.8) is 0 Å². The fourth-order valence-corrected chi connectivity index (χ4v) is 3.11. The minimum atomic E-state index is -0.115. The fraction of sp³-hybridized carbons (Fsp3) is 0.229. The van der Waals surface area contributed by atoms with E-state index in [-0.39, 0.29) is 5.91 Å². The molecule has 0 bridgehead atoms. The number of hydrogen-bond acceptors (Lipinski definition) is 1. The van der Waals surface area contributed by atoms with Crippen LogP contribution in [0.1, 0.15) is 59.1 Å². The first-order valence-electron chi connectivity index (χ1n) is 12.7. The molecule has 200 valence electrons. The zero-order valence-electron chi connectivity index (χ0n) is 23.7. The zero-order valence-corrected chi connectivity index (χ0v) is 24.4. The van der Waals surface area contributed by atoms with Crippen molar-refractivity contribution in [2.75, 3.05) is 6.54 Å². The first-order chi connectivity index (χ1) is 18.3. The van der Waals surface area contributed by atoms with Gasteiger partial charge in [0.15, 0.2) is 0 Å². The Morgan fingerprint density at radius 3 is 2.03 bits per heavy atom. The summed E-state index contributed by atoms with van der Waals surface area (Å²) in [4.78, 5) is 11.5. The highest BCUT2D eigenvalue weighted by Crippen LogP contribution is 2.19. The summed E-state index contributed by atoms with van der Waals surface area (Å²) in [5.74, 6) is -0.115. The SMILES string of the molecule is C#C.C/C=C\C=C(/C)CNC(=O)/C(C)=C(/C)Cl.C\C=C(/C=C(/C=C/c1ccccc1)CC)c1ccccc1. The quantitative estimate of drug-likeness (QED) is 0.196. The number of hydrogen-bond donors (Lipinski definition) is 1. The number of terminal acetylenes is 1. The summed E-state index contributed by atoms with van der Waals surface area (Å²) in [6.07, 6.45) is 23.7. The number of rotatable bonds is 9. The smallest absolute Gasteiger partial charge is 0.248 e. The predicted molar refractivity (Wildman–Crippen MR) is 170 cm³/mol. The average Bonchev–Trinajstić information content (AvgIpc) is 2.96. The van der Waals surface area contributed by atoms with E-state index in [0.717, 1.165) is 12.0 Å². The van der Waals surface area contributed by atoms with Gasteiger partial charge >= 0.3 is 0 Å². The Kier molecular flexibility index (Phi) is 19.2. The molecule has 3 heteroatoms. The Hall–Kier alpha value is -3.80. The first-order valence-corrected chi connectivity index (χ1v) is 13.1. The van der Waals surface area contributed by atoms with Gasteiger partial charge in [-0.1, -0.05) is 127 Å². The average molecular weight is 528 g/mol. The molecule has 0 heterocycles. The summed E-state index contributed by atoms with van der Waals surface area (Å²) in [6, 6.07) is 20.9. The third-order valence-electron chi connectivity index (χ3n) is 5.42. The van der Waals surface area contributed by atoms with Crippen molar-refractivity contribution < 1.29 is 4.79 Å². The van der Waals surface area contributed by atoms with Crippen molar-refractivity contribution in [3.8, 4) is 12.8 Å². The molecule has 38 heavy (non-hydrogen) atoms. The molecule has 2 aromatic rings. The molecule has 0 aliphatic rings. The monoisotopic (exact) mass is 527 g/mol. The molecule has 2 rings (SSSR count).